The highest BCUT2D eigenvalue weighted by molar-refractivity contribution is 5.98. The summed E-state index contributed by atoms with van der Waals surface area (Å²) in [4.78, 5) is 29.9. The molecule has 0 unspecified atom stereocenters. The number of nitrogens with one attached hydrogen (secondary N) is 1. The molecule has 11 heteroatoms. The summed E-state index contributed by atoms with van der Waals surface area (Å²) < 4.78 is 8.02. The molecule has 1 amide bonds. The number of aromatic nitrogens is 5. The number of anilines is 3. The molecule has 2 fully saturated rings. The van der Waals surface area contributed by atoms with Crippen LogP contribution in [-0.2, 0) is 4.79 Å². The number of rotatable bonds is 5. The fourth-order valence-corrected chi connectivity index (χ4v) is 6.47. The number of nitrogen functional groups attached to an aromatic ring is 1. The van der Waals surface area contributed by atoms with Crippen LogP contribution in [0.2, 0.25) is 0 Å². The predicted octanol–water partition coefficient (Wildman–Crippen LogP) is 4.83. The van der Waals surface area contributed by atoms with E-state index in [1.54, 1.807) is 0 Å². The minimum atomic E-state index is 0.207. The second-order valence-electron chi connectivity index (χ2n) is 11.7. The Morgan fingerprint density at radius 3 is 2.52 bits per heavy atom. The molecule has 7 rings (SSSR count). The van der Waals surface area contributed by atoms with Crippen molar-refractivity contribution in [3.63, 3.8) is 0 Å². The number of likely N-dealkylation sites (N-methyl/N-ethyl adjacent to an activating group) is 1. The maximum Gasteiger partial charge on any atom is 0.300 e. The van der Waals surface area contributed by atoms with Crippen molar-refractivity contribution in [1.29, 1.82) is 0 Å². The van der Waals surface area contributed by atoms with Gasteiger partial charge in [-0.1, -0.05) is 18.2 Å². The van der Waals surface area contributed by atoms with Gasteiger partial charge in [0.1, 0.15) is 23.4 Å². The van der Waals surface area contributed by atoms with E-state index in [0.717, 1.165) is 89.0 Å². The third-order valence-electron chi connectivity index (χ3n) is 8.76. The Balaban J connectivity index is 1.12. The van der Waals surface area contributed by atoms with Crippen LogP contribution in [0.15, 0.2) is 47.1 Å². The van der Waals surface area contributed by atoms with Crippen molar-refractivity contribution in [2.45, 2.75) is 51.6 Å². The van der Waals surface area contributed by atoms with Gasteiger partial charge in [-0.3, -0.25) is 9.69 Å². The number of piperazine rings is 1. The topological polar surface area (TPSA) is 131 Å². The second-order valence-corrected chi connectivity index (χ2v) is 11.7. The molecule has 42 heavy (non-hydrogen) atoms. The maximum absolute atomic E-state index is 12.3. The van der Waals surface area contributed by atoms with Crippen molar-refractivity contribution in [2.75, 3.05) is 37.7 Å². The van der Waals surface area contributed by atoms with Crippen LogP contribution in [-0.4, -0.2) is 73.2 Å². The Labute approximate surface area is 243 Å². The molecule has 0 radical (unpaired) electrons. The van der Waals surface area contributed by atoms with Gasteiger partial charge >= 0.3 is 0 Å². The minimum absolute atomic E-state index is 0.207. The van der Waals surface area contributed by atoms with Crippen molar-refractivity contribution in [3.05, 3.63) is 53.9 Å². The Morgan fingerprint density at radius 1 is 1.00 bits per heavy atom. The molecule has 3 aromatic heterocycles. The summed E-state index contributed by atoms with van der Waals surface area (Å²) in [5.41, 5.74) is 13.6. The molecule has 3 N–H and O–H groups in total. The Hall–Kier alpha value is -4.51. The Morgan fingerprint density at radius 2 is 1.76 bits per heavy atom. The first-order chi connectivity index (χ1) is 20.3. The third kappa shape index (κ3) is 4.73. The van der Waals surface area contributed by atoms with Gasteiger partial charge in [0.05, 0.1) is 18.0 Å². The van der Waals surface area contributed by atoms with Crippen LogP contribution in [0.1, 0.15) is 42.9 Å². The number of amides is 1. The highest BCUT2D eigenvalue weighted by Crippen LogP contribution is 2.37. The number of oxazole rings is 1. The molecule has 11 nitrogen and oxygen atoms in total. The number of hydrogen-bond donors (Lipinski definition) is 2. The lowest BCUT2D eigenvalue weighted by molar-refractivity contribution is -0.135. The van der Waals surface area contributed by atoms with Gasteiger partial charge in [-0.2, -0.15) is 10.1 Å². The fraction of sp³-hybridized carbons (Fsp3) is 0.387. The first kappa shape index (κ1) is 26.4. The van der Waals surface area contributed by atoms with Gasteiger partial charge in [0.25, 0.3) is 6.01 Å². The normalized spacial score (nSPS) is 20.1. The fourth-order valence-electron chi connectivity index (χ4n) is 6.47. The molecule has 5 aromatic rings. The van der Waals surface area contributed by atoms with Crippen molar-refractivity contribution in [2.24, 2.45) is 0 Å². The van der Waals surface area contributed by atoms with Crippen LogP contribution < -0.4 is 11.1 Å². The summed E-state index contributed by atoms with van der Waals surface area (Å²) in [6.07, 6.45) is 5.50. The van der Waals surface area contributed by atoms with Crippen molar-refractivity contribution in [3.8, 4) is 11.3 Å². The Kier molecular flexibility index (Phi) is 6.53. The van der Waals surface area contributed by atoms with Crippen LogP contribution in [0.5, 0.6) is 0 Å². The largest absolute Gasteiger partial charge is 0.423 e. The molecule has 0 bridgehead atoms. The zero-order valence-electron chi connectivity index (χ0n) is 24.2. The minimum Gasteiger partial charge on any atom is -0.423 e. The molecule has 1 saturated carbocycles. The van der Waals surface area contributed by atoms with Crippen LogP contribution in [0.4, 0.5) is 17.5 Å². The van der Waals surface area contributed by atoms with Crippen LogP contribution >= 0.6 is 0 Å². The molecule has 0 spiro atoms. The summed E-state index contributed by atoms with van der Waals surface area (Å²) in [6.45, 7) is 6.33. The average molecular weight is 566 g/mol. The summed E-state index contributed by atoms with van der Waals surface area (Å²) in [6, 6.07) is 13.2. The molecule has 1 saturated heterocycles. The molecule has 1 aliphatic carbocycles. The van der Waals surface area contributed by atoms with E-state index in [0.29, 0.717) is 24.4 Å². The number of benzene rings is 2. The van der Waals surface area contributed by atoms with Crippen LogP contribution in [0.25, 0.3) is 33.4 Å². The van der Waals surface area contributed by atoms with E-state index in [9.17, 15) is 4.79 Å². The lowest BCUT2D eigenvalue weighted by Crippen LogP contribution is -2.52. The van der Waals surface area contributed by atoms with Crippen LogP contribution in [0.3, 0.4) is 0 Å². The molecule has 2 aromatic carbocycles. The van der Waals surface area contributed by atoms with Crippen molar-refractivity contribution in [1.82, 2.24) is 34.5 Å². The SMILES string of the molecule is Cc1cc(C)c2oc(Nc3ccc(-c4nn([C@H]5CC[C@@H](N6CCN(C)C(=O)C6)CC5)c5ncnc(N)c45)cc3)nc2c1. The summed E-state index contributed by atoms with van der Waals surface area (Å²) in [7, 11) is 1.88. The summed E-state index contributed by atoms with van der Waals surface area (Å²) in [5, 5.41) is 9.13. The number of nitrogens with two attached hydrogens (primary N) is 1. The van der Waals surface area contributed by atoms with Gasteiger partial charge < -0.3 is 20.4 Å². The van der Waals surface area contributed by atoms with E-state index >= 15 is 0 Å². The van der Waals surface area contributed by atoms with Gasteiger partial charge in [-0.05, 0) is 68.9 Å². The van der Waals surface area contributed by atoms with E-state index in [1.807, 2.05) is 53.9 Å². The molecule has 4 heterocycles. The van der Waals surface area contributed by atoms with Crippen molar-refractivity contribution < 1.29 is 9.21 Å². The van der Waals surface area contributed by atoms with Crippen LogP contribution in [0, 0.1) is 13.8 Å². The first-order valence-corrected chi connectivity index (χ1v) is 14.6. The molecule has 1 aliphatic heterocycles. The first-order valence-electron chi connectivity index (χ1n) is 14.6. The van der Waals surface area contributed by atoms with Gasteiger partial charge in [-0.25, -0.2) is 14.6 Å². The van der Waals surface area contributed by atoms with Gasteiger partial charge in [-0.15, -0.1) is 0 Å². The van der Waals surface area contributed by atoms with Gasteiger partial charge in [0.2, 0.25) is 5.91 Å². The second kappa shape index (κ2) is 10.4. The summed E-state index contributed by atoms with van der Waals surface area (Å²) in [5.74, 6) is 0.628. The molecular formula is C31H35N9O2. The van der Waals surface area contributed by atoms with E-state index in [4.69, 9.17) is 15.2 Å². The molecule has 0 atom stereocenters. The number of hydrogen-bond acceptors (Lipinski definition) is 9. The number of aryl methyl sites for hydroxylation is 2. The van der Waals surface area contributed by atoms with E-state index in [-0.39, 0.29) is 11.9 Å². The maximum atomic E-state index is 12.3. The summed E-state index contributed by atoms with van der Waals surface area (Å²) >= 11 is 0. The highest BCUT2D eigenvalue weighted by atomic mass is 16.4. The van der Waals surface area contributed by atoms with Gasteiger partial charge in [0.15, 0.2) is 11.2 Å². The monoisotopic (exact) mass is 565 g/mol. The van der Waals surface area contributed by atoms with Gasteiger partial charge in [0, 0.05) is 37.4 Å². The zero-order valence-corrected chi connectivity index (χ0v) is 24.2. The number of carbonyl (C=O) groups excluding carboxylic acids is 1. The number of fused-ring (bicyclic) bond motifs is 2. The quantitative estimate of drug-likeness (QED) is 0.307. The molecule has 2 aliphatic rings. The Bertz CT molecular complexity index is 1780. The highest BCUT2D eigenvalue weighted by Gasteiger charge is 2.32. The average Bonchev–Trinajstić information content (AvgIpc) is 3.57. The zero-order chi connectivity index (χ0) is 29.0. The smallest absolute Gasteiger partial charge is 0.300 e. The standard InChI is InChI=1S/C31H35N9O2/c1-18-14-19(2)28-24(15-18)36-31(42-28)35-21-6-4-20(5-7-21)27-26-29(32)33-17-34-30(26)40(37-27)23-10-8-22(9-11-23)39-13-12-38(3)25(41)16-39/h4-7,14-15,17,22-23H,8-13,16H2,1-3H3,(H,35,36)(H2,32,33,34)/t22-,23+. The lowest BCUT2D eigenvalue weighted by Gasteiger charge is -2.40. The van der Waals surface area contributed by atoms with E-state index < -0.39 is 0 Å². The molecular weight excluding hydrogens is 530 g/mol. The lowest BCUT2D eigenvalue weighted by atomic mass is 9.90. The molecule has 216 valence electrons. The van der Waals surface area contributed by atoms with E-state index in [2.05, 4.69) is 38.2 Å². The van der Waals surface area contributed by atoms with Crippen molar-refractivity contribution >= 4 is 45.6 Å². The predicted molar refractivity (Wildman–Crippen MR) is 162 cm³/mol. The third-order valence-corrected chi connectivity index (χ3v) is 8.76. The van der Waals surface area contributed by atoms with E-state index in [1.165, 1.54) is 6.33 Å². The number of nitrogens with zero attached hydrogens (tertiary/aromatic N) is 7. The number of carbonyl (C=O) groups is 1.